The molecule has 1 heterocycles. The lowest BCUT2D eigenvalue weighted by molar-refractivity contribution is -0.107. The largest absolute Gasteiger partial charge is 0.303 e. The molecule has 0 radical (unpaired) electrons. The van der Waals surface area contributed by atoms with Crippen LogP contribution in [-0.2, 0) is 11.2 Å². The van der Waals surface area contributed by atoms with Crippen LogP contribution in [0, 0.1) is 0 Å². The van der Waals surface area contributed by atoms with Crippen molar-refractivity contribution in [3.63, 3.8) is 0 Å². The van der Waals surface area contributed by atoms with Crippen LogP contribution < -0.4 is 0 Å². The van der Waals surface area contributed by atoms with Gasteiger partial charge in [0.1, 0.15) is 6.29 Å². The summed E-state index contributed by atoms with van der Waals surface area (Å²) in [6, 6.07) is 0. The number of carbonyl (C=O) groups excluding carboxylic acids is 1. The van der Waals surface area contributed by atoms with E-state index in [1.54, 1.807) is 12.4 Å². The quantitative estimate of drug-likeness (QED) is 0.778. The van der Waals surface area contributed by atoms with Crippen molar-refractivity contribution >= 4 is 38.1 Å². The predicted molar refractivity (Wildman–Crippen MR) is 49.4 cm³/mol. The van der Waals surface area contributed by atoms with Gasteiger partial charge in [-0.15, -0.1) is 0 Å². The molecule has 1 aromatic heterocycles. The van der Waals surface area contributed by atoms with E-state index in [0.717, 1.165) is 20.8 Å². The number of aromatic nitrogens is 1. The minimum atomic E-state index is 0.406. The van der Waals surface area contributed by atoms with Gasteiger partial charge in [-0.25, -0.2) is 0 Å². The lowest BCUT2D eigenvalue weighted by Gasteiger charge is -2.00. The topological polar surface area (TPSA) is 30.0 Å². The van der Waals surface area contributed by atoms with Gasteiger partial charge in [0.25, 0.3) is 0 Å². The number of carbonyl (C=O) groups is 1. The standard InChI is InChI=1S/C7H5Br2NO/c8-6-3-10-4-7(9)5(6)1-2-11/h2-4H,1H2. The highest BCUT2D eigenvalue weighted by Gasteiger charge is 2.03. The molecule has 0 aliphatic heterocycles. The second-order valence-electron chi connectivity index (χ2n) is 1.95. The lowest BCUT2D eigenvalue weighted by atomic mass is 10.2. The van der Waals surface area contributed by atoms with Gasteiger partial charge in [-0.05, 0) is 37.4 Å². The molecule has 0 N–H and O–H groups in total. The Kier molecular flexibility index (Phi) is 3.20. The Morgan fingerprint density at radius 3 is 2.36 bits per heavy atom. The molecule has 0 spiro atoms. The highest BCUT2D eigenvalue weighted by molar-refractivity contribution is 9.11. The van der Waals surface area contributed by atoms with E-state index in [9.17, 15) is 4.79 Å². The number of hydrogen-bond acceptors (Lipinski definition) is 2. The molecule has 2 nitrogen and oxygen atoms in total. The van der Waals surface area contributed by atoms with Crippen LogP contribution in [0.3, 0.4) is 0 Å². The van der Waals surface area contributed by atoms with E-state index in [4.69, 9.17) is 0 Å². The maximum atomic E-state index is 10.2. The van der Waals surface area contributed by atoms with Gasteiger partial charge in [0.05, 0.1) is 0 Å². The van der Waals surface area contributed by atoms with Crippen LogP contribution in [0.2, 0.25) is 0 Å². The van der Waals surface area contributed by atoms with E-state index < -0.39 is 0 Å². The van der Waals surface area contributed by atoms with Gasteiger partial charge in [0.15, 0.2) is 0 Å². The van der Waals surface area contributed by atoms with Gasteiger partial charge in [-0.3, -0.25) is 4.98 Å². The summed E-state index contributed by atoms with van der Waals surface area (Å²) >= 11 is 6.59. The van der Waals surface area contributed by atoms with Crippen LogP contribution in [0.25, 0.3) is 0 Å². The molecule has 0 unspecified atom stereocenters. The maximum Gasteiger partial charge on any atom is 0.124 e. The second kappa shape index (κ2) is 3.97. The smallest absolute Gasteiger partial charge is 0.124 e. The molecule has 0 fully saturated rings. The molecule has 11 heavy (non-hydrogen) atoms. The Labute approximate surface area is 81.3 Å². The minimum Gasteiger partial charge on any atom is -0.303 e. The van der Waals surface area contributed by atoms with Gasteiger partial charge < -0.3 is 4.79 Å². The normalized spacial score (nSPS) is 9.64. The van der Waals surface area contributed by atoms with E-state index >= 15 is 0 Å². The maximum absolute atomic E-state index is 10.2. The summed E-state index contributed by atoms with van der Waals surface area (Å²) in [6.45, 7) is 0. The summed E-state index contributed by atoms with van der Waals surface area (Å²) < 4.78 is 1.72. The van der Waals surface area contributed by atoms with Crippen molar-refractivity contribution in [1.82, 2.24) is 4.98 Å². The average Bonchev–Trinajstić information content (AvgIpc) is 1.97. The molecule has 58 valence electrons. The van der Waals surface area contributed by atoms with Crippen LogP contribution in [0.1, 0.15) is 5.56 Å². The molecular formula is C7H5Br2NO. The van der Waals surface area contributed by atoms with Gasteiger partial charge >= 0.3 is 0 Å². The van der Waals surface area contributed by atoms with Gasteiger partial charge in [-0.2, -0.15) is 0 Å². The first-order chi connectivity index (χ1) is 5.25. The summed E-state index contributed by atoms with van der Waals surface area (Å²) in [4.78, 5) is 14.1. The number of nitrogens with zero attached hydrogens (tertiary/aromatic N) is 1. The van der Waals surface area contributed by atoms with Crippen LogP contribution in [0.5, 0.6) is 0 Å². The molecule has 0 saturated heterocycles. The number of aldehydes is 1. The molecule has 0 amide bonds. The number of rotatable bonds is 2. The molecule has 1 aromatic rings. The van der Waals surface area contributed by atoms with Crippen molar-refractivity contribution in [2.45, 2.75) is 6.42 Å². The fourth-order valence-electron chi connectivity index (χ4n) is 0.716. The SMILES string of the molecule is O=CCc1c(Br)cncc1Br. The molecule has 0 bridgehead atoms. The second-order valence-corrected chi connectivity index (χ2v) is 3.66. The van der Waals surface area contributed by atoms with E-state index in [2.05, 4.69) is 36.8 Å². The fraction of sp³-hybridized carbons (Fsp3) is 0.143. The van der Waals surface area contributed by atoms with Gasteiger partial charge in [-0.1, -0.05) is 0 Å². The lowest BCUT2D eigenvalue weighted by Crippen LogP contribution is -1.90. The third-order valence-electron chi connectivity index (χ3n) is 1.24. The zero-order valence-corrected chi connectivity index (χ0v) is 8.72. The molecule has 0 aromatic carbocycles. The predicted octanol–water partition coefficient (Wildman–Crippen LogP) is 2.35. The summed E-state index contributed by atoms with van der Waals surface area (Å²) in [6.07, 6.45) is 4.61. The summed E-state index contributed by atoms with van der Waals surface area (Å²) in [7, 11) is 0. The number of hydrogen-bond donors (Lipinski definition) is 0. The monoisotopic (exact) mass is 277 g/mol. The van der Waals surface area contributed by atoms with Crippen molar-refractivity contribution in [2.24, 2.45) is 0 Å². The van der Waals surface area contributed by atoms with Gasteiger partial charge in [0.2, 0.25) is 0 Å². The molecule has 1 rings (SSSR count). The molecule has 0 atom stereocenters. The van der Waals surface area contributed by atoms with Crippen molar-refractivity contribution in [3.8, 4) is 0 Å². The van der Waals surface area contributed by atoms with Gasteiger partial charge in [0, 0.05) is 27.8 Å². The Morgan fingerprint density at radius 1 is 1.36 bits per heavy atom. The first-order valence-electron chi connectivity index (χ1n) is 2.97. The molecular weight excluding hydrogens is 274 g/mol. The Balaban J connectivity index is 3.09. The highest BCUT2D eigenvalue weighted by Crippen LogP contribution is 2.23. The first-order valence-corrected chi connectivity index (χ1v) is 4.56. The molecule has 0 saturated carbocycles. The Hall–Kier alpha value is -0.220. The van der Waals surface area contributed by atoms with Crippen LogP contribution in [0.4, 0.5) is 0 Å². The summed E-state index contributed by atoms with van der Waals surface area (Å²) in [5.41, 5.74) is 0.940. The third kappa shape index (κ3) is 2.10. The summed E-state index contributed by atoms with van der Waals surface area (Å²) in [5, 5.41) is 0. The first kappa shape index (κ1) is 8.87. The molecule has 0 aliphatic rings. The Morgan fingerprint density at radius 2 is 1.91 bits per heavy atom. The Bertz CT molecular complexity index is 255. The minimum absolute atomic E-state index is 0.406. The molecule has 4 heteroatoms. The third-order valence-corrected chi connectivity index (χ3v) is 2.61. The van der Waals surface area contributed by atoms with E-state index in [1.165, 1.54) is 0 Å². The zero-order chi connectivity index (χ0) is 8.27. The van der Waals surface area contributed by atoms with E-state index in [0.29, 0.717) is 6.42 Å². The highest BCUT2D eigenvalue weighted by atomic mass is 79.9. The van der Waals surface area contributed by atoms with Crippen LogP contribution in [0.15, 0.2) is 21.3 Å². The summed E-state index contributed by atoms with van der Waals surface area (Å²) in [5.74, 6) is 0. The van der Waals surface area contributed by atoms with E-state index in [-0.39, 0.29) is 0 Å². The number of halogens is 2. The van der Waals surface area contributed by atoms with Crippen molar-refractivity contribution < 1.29 is 4.79 Å². The zero-order valence-electron chi connectivity index (χ0n) is 5.55. The van der Waals surface area contributed by atoms with Crippen LogP contribution in [-0.4, -0.2) is 11.3 Å². The van der Waals surface area contributed by atoms with E-state index in [1.807, 2.05) is 0 Å². The van der Waals surface area contributed by atoms with Crippen molar-refractivity contribution in [1.29, 1.82) is 0 Å². The fourth-order valence-corrected chi connectivity index (χ4v) is 1.97. The molecule has 0 aliphatic carbocycles. The van der Waals surface area contributed by atoms with Crippen molar-refractivity contribution in [3.05, 3.63) is 26.9 Å². The average molecular weight is 279 g/mol. The van der Waals surface area contributed by atoms with Crippen LogP contribution >= 0.6 is 31.9 Å². The number of pyridine rings is 1. The van der Waals surface area contributed by atoms with Crippen molar-refractivity contribution in [2.75, 3.05) is 0 Å².